The SMILES string of the molecule is C[C@H](CC#N)[C@@H](NC(=O)C(c1ccccc1)(c1ccccc1)c1ccccc1)C(N)=O. The van der Waals surface area contributed by atoms with Crippen LogP contribution in [0.3, 0.4) is 0 Å². The molecule has 0 heterocycles. The van der Waals surface area contributed by atoms with Crippen LogP contribution in [0.5, 0.6) is 0 Å². The molecule has 3 rings (SSSR count). The van der Waals surface area contributed by atoms with Gasteiger partial charge in [0.25, 0.3) is 0 Å². The molecule has 0 saturated heterocycles. The van der Waals surface area contributed by atoms with Gasteiger partial charge in [-0.05, 0) is 22.6 Å². The van der Waals surface area contributed by atoms with Crippen LogP contribution < -0.4 is 11.1 Å². The first kappa shape index (κ1) is 21.8. The van der Waals surface area contributed by atoms with E-state index in [-0.39, 0.29) is 12.3 Å². The minimum absolute atomic E-state index is 0.100. The van der Waals surface area contributed by atoms with Crippen LogP contribution in [0.1, 0.15) is 30.0 Å². The molecule has 31 heavy (non-hydrogen) atoms. The Bertz CT molecular complexity index is 963. The second kappa shape index (κ2) is 9.73. The fraction of sp³-hybridized carbons (Fsp3) is 0.192. The van der Waals surface area contributed by atoms with Gasteiger partial charge < -0.3 is 11.1 Å². The van der Waals surface area contributed by atoms with Crippen molar-refractivity contribution in [2.75, 3.05) is 0 Å². The maximum absolute atomic E-state index is 14.1. The maximum atomic E-state index is 14.1. The Labute approximate surface area is 182 Å². The number of hydrogen-bond donors (Lipinski definition) is 2. The van der Waals surface area contributed by atoms with Crippen molar-refractivity contribution in [3.05, 3.63) is 108 Å². The van der Waals surface area contributed by atoms with Crippen LogP contribution in [-0.2, 0) is 15.0 Å². The summed E-state index contributed by atoms with van der Waals surface area (Å²) in [6.07, 6.45) is 0.100. The number of hydrogen-bond acceptors (Lipinski definition) is 3. The molecule has 2 atom stereocenters. The highest BCUT2D eigenvalue weighted by atomic mass is 16.2. The molecule has 0 aromatic heterocycles. The van der Waals surface area contributed by atoms with Gasteiger partial charge in [-0.25, -0.2) is 0 Å². The molecule has 156 valence electrons. The van der Waals surface area contributed by atoms with Gasteiger partial charge in [0.15, 0.2) is 0 Å². The van der Waals surface area contributed by atoms with Gasteiger partial charge in [-0.1, -0.05) is 97.9 Å². The quantitative estimate of drug-likeness (QED) is 0.555. The minimum atomic E-state index is -1.20. The van der Waals surface area contributed by atoms with E-state index >= 15 is 0 Å². The summed E-state index contributed by atoms with van der Waals surface area (Å²) in [6, 6.07) is 29.5. The number of carbonyl (C=O) groups excluding carboxylic acids is 2. The fourth-order valence-corrected chi connectivity index (χ4v) is 3.96. The van der Waals surface area contributed by atoms with Gasteiger partial charge >= 0.3 is 0 Å². The van der Waals surface area contributed by atoms with Crippen molar-refractivity contribution in [3.63, 3.8) is 0 Å². The third-order valence-corrected chi connectivity index (χ3v) is 5.54. The van der Waals surface area contributed by atoms with E-state index in [9.17, 15) is 9.59 Å². The van der Waals surface area contributed by atoms with Gasteiger partial charge in [0.05, 0.1) is 6.07 Å². The Morgan fingerprint density at radius 1 is 0.871 bits per heavy atom. The van der Waals surface area contributed by atoms with Gasteiger partial charge in [-0.3, -0.25) is 9.59 Å². The standard InChI is InChI=1S/C26H25N3O2/c1-19(17-18-27)23(24(28)30)29-25(31)26(20-11-5-2-6-12-20,21-13-7-3-8-14-21)22-15-9-4-10-16-22/h2-16,19,23H,17H2,1H3,(H2,28,30)(H,29,31)/t19-,23-/m1/s1. The summed E-state index contributed by atoms with van der Waals surface area (Å²) in [5, 5.41) is 12.0. The summed E-state index contributed by atoms with van der Waals surface area (Å²) in [4.78, 5) is 26.3. The lowest BCUT2D eigenvalue weighted by Gasteiger charge is -2.36. The molecule has 0 aliphatic rings. The Morgan fingerprint density at radius 2 is 1.26 bits per heavy atom. The average molecular weight is 412 g/mol. The molecule has 3 aromatic carbocycles. The molecule has 5 nitrogen and oxygen atoms in total. The predicted octanol–water partition coefficient (Wildman–Crippen LogP) is 3.54. The van der Waals surface area contributed by atoms with Crippen LogP contribution >= 0.6 is 0 Å². The molecular formula is C26H25N3O2. The van der Waals surface area contributed by atoms with Crippen molar-refractivity contribution in [1.82, 2.24) is 5.32 Å². The molecule has 0 aliphatic heterocycles. The molecule has 0 aliphatic carbocycles. The normalized spacial score (nSPS) is 12.9. The highest BCUT2D eigenvalue weighted by molar-refractivity contribution is 5.98. The Morgan fingerprint density at radius 3 is 1.58 bits per heavy atom. The van der Waals surface area contributed by atoms with Crippen molar-refractivity contribution >= 4 is 11.8 Å². The van der Waals surface area contributed by atoms with Gasteiger partial charge in [-0.2, -0.15) is 5.26 Å². The van der Waals surface area contributed by atoms with Gasteiger partial charge in [0, 0.05) is 6.42 Å². The third-order valence-electron chi connectivity index (χ3n) is 5.54. The van der Waals surface area contributed by atoms with E-state index in [4.69, 9.17) is 11.0 Å². The molecule has 0 fully saturated rings. The Hall–Kier alpha value is -3.91. The second-order valence-electron chi connectivity index (χ2n) is 7.54. The largest absolute Gasteiger partial charge is 0.368 e. The first-order chi connectivity index (χ1) is 15.0. The Kier molecular flexibility index (Phi) is 6.84. The number of nitrogens with two attached hydrogens (primary N) is 1. The van der Waals surface area contributed by atoms with Gasteiger partial charge in [-0.15, -0.1) is 0 Å². The Balaban J connectivity index is 2.24. The van der Waals surface area contributed by atoms with Crippen LogP contribution in [-0.4, -0.2) is 17.9 Å². The lowest BCUT2D eigenvalue weighted by Crippen LogP contribution is -2.55. The van der Waals surface area contributed by atoms with Crippen molar-refractivity contribution < 1.29 is 9.59 Å². The van der Waals surface area contributed by atoms with E-state index in [2.05, 4.69) is 11.4 Å². The summed E-state index contributed by atoms with van der Waals surface area (Å²) in [6.45, 7) is 1.73. The number of nitriles is 1. The number of nitrogens with zero attached hydrogens (tertiary/aromatic N) is 1. The van der Waals surface area contributed by atoms with Gasteiger partial charge in [0.2, 0.25) is 11.8 Å². The molecule has 0 bridgehead atoms. The fourth-order valence-electron chi connectivity index (χ4n) is 3.96. The number of rotatable bonds is 8. The summed E-state index contributed by atoms with van der Waals surface area (Å²) < 4.78 is 0. The molecule has 5 heteroatoms. The summed E-state index contributed by atoms with van der Waals surface area (Å²) in [7, 11) is 0. The van der Waals surface area contributed by atoms with E-state index in [1.807, 2.05) is 91.0 Å². The van der Waals surface area contributed by atoms with Crippen LogP contribution in [0.2, 0.25) is 0 Å². The van der Waals surface area contributed by atoms with Crippen molar-refractivity contribution in [1.29, 1.82) is 5.26 Å². The van der Waals surface area contributed by atoms with Crippen molar-refractivity contribution in [3.8, 4) is 6.07 Å². The molecular weight excluding hydrogens is 386 g/mol. The zero-order valence-corrected chi connectivity index (χ0v) is 17.4. The first-order valence-corrected chi connectivity index (χ1v) is 10.2. The highest BCUT2D eigenvalue weighted by Gasteiger charge is 2.45. The van der Waals surface area contributed by atoms with Crippen LogP contribution in [0.25, 0.3) is 0 Å². The third kappa shape index (κ3) is 4.34. The second-order valence-corrected chi connectivity index (χ2v) is 7.54. The van der Waals surface area contributed by atoms with E-state index in [0.717, 1.165) is 16.7 Å². The lowest BCUT2D eigenvalue weighted by molar-refractivity contribution is -0.130. The van der Waals surface area contributed by atoms with Gasteiger partial charge in [0.1, 0.15) is 11.5 Å². The molecule has 0 unspecified atom stereocenters. The highest BCUT2D eigenvalue weighted by Crippen LogP contribution is 2.39. The van der Waals surface area contributed by atoms with Crippen molar-refractivity contribution in [2.24, 2.45) is 11.7 Å². The average Bonchev–Trinajstić information content (AvgIpc) is 2.80. The molecule has 3 N–H and O–H groups in total. The van der Waals surface area contributed by atoms with Crippen LogP contribution in [0.15, 0.2) is 91.0 Å². The van der Waals surface area contributed by atoms with E-state index < -0.39 is 23.3 Å². The summed E-state index contributed by atoms with van der Waals surface area (Å²) >= 11 is 0. The summed E-state index contributed by atoms with van der Waals surface area (Å²) in [5.74, 6) is -1.46. The minimum Gasteiger partial charge on any atom is -0.368 e. The molecule has 2 amide bonds. The predicted molar refractivity (Wildman–Crippen MR) is 120 cm³/mol. The zero-order valence-electron chi connectivity index (χ0n) is 17.4. The maximum Gasteiger partial charge on any atom is 0.240 e. The van der Waals surface area contributed by atoms with E-state index in [0.29, 0.717) is 0 Å². The number of carbonyl (C=O) groups is 2. The van der Waals surface area contributed by atoms with Crippen LogP contribution in [0.4, 0.5) is 0 Å². The van der Waals surface area contributed by atoms with E-state index in [1.54, 1.807) is 6.92 Å². The monoisotopic (exact) mass is 411 g/mol. The van der Waals surface area contributed by atoms with Crippen molar-refractivity contribution in [2.45, 2.75) is 24.8 Å². The number of benzene rings is 3. The smallest absolute Gasteiger partial charge is 0.240 e. The number of nitrogens with one attached hydrogen (secondary N) is 1. The zero-order chi connectivity index (χ0) is 22.3. The first-order valence-electron chi connectivity index (χ1n) is 10.2. The lowest BCUT2D eigenvalue weighted by atomic mass is 9.68. The molecule has 0 spiro atoms. The molecule has 0 radical (unpaired) electrons. The molecule has 3 aromatic rings. The van der Waals surface area contributed by atoms with E-state index in [1.165, 1.54) is 0 Å². The summed E-state index contributed by atoms with van der Waals surface area (Å²) in [5.41, 5.74) is 6.70. The number of amides is 2. The number of primary amides is 1. The van der Waals surface area contributed by atoms with Crippen LogP contribution in [0, 0.1) is 17.2 Å². The topological polar surface area (TPSA) is 96.0 Å². The molecule has 0 saturated carbocycles.